The number of hydrogen-bond donors (Lipinski definition) is 2. The molecule has 1 aliphatic carbocycles. The molecule has 1 fully saturated rings. The summed E-state index contributed by atoms with van der Waals surface area (Å²) < 4.78 is 5.03. The minimum Gasteiger partial charge on any atom is -0.479 e. The normalized spacial score (nSPS) is 20.8. The van der Waals surface area contributed by atoms with Crippen LogP contribution in [0.25, 0.3) is 0 Å². The number of ether oxygens (including phenoxy) is 1. The Morgan fingerprint density at radius 1 is 1.55 bits per heavy atom. The molecule has 0 bridgehead atoms. The number of aliphatic carboxylic acids is 1. The van der Waals surface area contributed by atoms with Crippen LogP contribution in [-0.4, -0.2) is 35.0 Å². The van der Waals surface area contributed by atoms with E-state index in [-0.39, 0.29) is 13.2 Å². The van der Waals surface area contributed by atoms with Gasteiger partial charge in [-0.05, 0) is 19.3 Å². The number of carbonyl (C=O) groups is 1. The summed E-state index contributed by atoms with van der Waals surface area (Å²) in [5.74, 6) is -0.905. The van der Waals surface area contributed by atoms with Crippen LogP contribution in [0.1, 0.15) is 19.3 Å². The van der Waals surface area contributed by atoms with Gasteiger partial charge in [-0.25, -0.2) is 4.79 Å². The molecule has 0 radical (unpaired) electrons. The maximum absolute atomic E-state index is 10.6. The fourth-order valence-electron chi connectivity index (χ4n) is 1.16. The molecule has 4 nitrogen and oxygen atoms in total. The Labute approximate surface area is 64.8 Å². The van der Waals surface area contributed by atoms with E-state index < -0.39 is 11.6 Å². The van der Waals surface area contributed by atoms with Crippen molar-refractivity contribution in [3.8, 4) is 0 Å². The minimum absolute atomic E-state index is 0.116. The van der Waals surface area contributed by atoms with Crippen molar-refractivity contribution >= 4 is 5.97 Å². The highest BCUT2D eigenvalue weighted by Crippen LogP contribution is 2.35. The quantitative estimate of drug-likeness (QED) is 0.607. The first kappa shape index (κ1) is 8.49. The van der Waals surface area contributed by atoms with E-state index in [2.05, 4.69) is 0 Å². The number of hydrogen-bond acceptors (Lipinski definition) is 3. The van der Waals surface area contributed by atoms with Crippen molar-refractivity contribution in [2.75, 3.05) is 13.2 Å². The van der Waals surface area contributed by atoms with Crippen LogP contribution in [-0.2, 0) is 9.53 Å². The van der Waals surface area contributed by atoms with Crippen LogP contribution in [0.4, 0.5) is 0 Å². The van der Waals surface area contributed by atoms with E-state index >= 15 is 0 Å². The van der Waals surface area contributed by atoms with E-state index in [1.807, 2.05) is 0 Å². The van der Waals surface area contributed by atoms with Crippen LogP contribution < -0.4 is 0 Å². The van der Waals surface area contributed by atoms with E-state index in [0.717, 1.165) is 6.42 Å². The van der Waals surface area contributed by atoms with Crippen LogP contribution in [0.2, 0.25) is 0 Å². The molecule has 0 spiro atoms. The van der Waals surface area contributed by atoms with Crippen LogP contribution in [0.5, 0.6) is 0 Å². The Morgan fingerprint density at radius 2 is 2.18 bits per heavy atom. The predicted molar refractivity (Wildman–Crippen MR) is 37.3 cm³/mol. The molecule has 0 heterocycles. The highest BCUT2D eigenvalue weighted by Gasteiger charge is 2.45. The summed E-state index contributed by atoms with van der Waals surface area (Å²) in [4.78, 5) is 10.6. The molecule has 0 atom stereocenters. The molecule has 1 aliphatic rings. The van der Waals surface area contributed by atoms with Gasteiger partial charge in [0.1, 0.15) is 0 Å². The standard InChI is InChI=1S/C7H12O4/c8-4-5-11-7(6(9)10)2-1-3-7/h8H,1-5H2,(H,9,10). The van der Waals surface area contributed by atoms with Gasteiger partial charge in [-0.1, -0.05) is 0 Å². The Morgan fingerprint density at radius 3 is 2.45 bits per heavy atom. The predicted octanol–water partition coefficient (Wildman–Crippen LogP) is 0.00260. The maximum atomic E-state index is 10.6. The van der Waals surface area contributed by atoms with E-state index in [9.17, 15) is 4.79 Å². The highest BCUT2D eigenvalue weighted by atomic mass is 16.5. The Kier molecular flexibility index (Phi) is 2.46. The van der Waals surface area contributed by atoms with Gasteiger partial charge in [-0.15, -0.1) is 0 Å². The number of aliphatic hydroxyl groups excluding tert-OH is 1. The molecule has 0 saturated heterocycles. The Balaban J connectivity index is 2.40. The van der Waals surface area contributed by atoms with Crippen LogP contribution in [0.3, 0.4) is 0 Å². The van der Waals surface area contributed by atoms with Gasteiger partial charge in [0.05, 0.1) is 13.2 Å². The summed E-state index contributed by atoms with van der Waals surface area (Å²) in [5.41, 5.74) is -0.970. The minimum atomic E-state index is -0.970. The first-order valence-corrected chi connectivity index (χ1v) is 3.69. The zero-order valence-electron chi connectivity index (χ0n) is 6.25. The molecule has 1 rings (SSSR count). The summed E-state index contributed by atoms with van der Waals surface area (Å²) in [6.45, 7) is 0.00132. The van der Waals surface area contributed by atoms with E-state index in [1.54, 1.807) is 0 Å². The van der Waals surface area contributed by atoms with Crippen molar-refractivity contribution in [3.05, 3.63) is 0 Å². The van der Waals surface area contributed by atoms with Crippen molar-refractivity contribution in [2.24, 2.45) is 0 Å². The lowest BCUT2D eigenvalue weighted by Gasteiger charge is -2.37. The smallest absolute Gasteiger partial charge is 0.335 e. The van der Waals surface area contributed by atoms with E-state index in [1.165, 1.54) is 0 Å². The first-order valence-electron chi connectivity index (χ1n) is 3.69. The van der Waals surface area contributed by atoms with Crippen LogP contribution in [0, 0.1) is 0 Å². The zero-order chi connectivity index (χ0) is 8.32. The second-order valence-electron chi connectivity index (χ2n) is 2.73. The molecule has 0 aliphatic heterocycles. The molecule has 11 heavy (non-hydrogen) atoms. The Hall–Kier alpha value is -0.610. The molecule has 0 aromatic heterocycles. The molecule has 0 unspecified atom stereocenters. The molecule has 4 heteroatoms. The Bertz CT molecular complexity index is 151. The van der Waals surface area contributed by atoms with Gasteiger partial charge < -0.3 is 14.9 Å². The fourth-order valence-corrected chi connectivity index (χ4v) is 1.16. The molecule has 0 aromatic carbocycles. The van der Waals surface area contributed by atoms with Gasteiger partial charge >= 0.3 is 5.97 Å². The third kappa shape index (κ3) is 1.52. The van der Waals surface area contributed by atoms with Gasteiger partial charge in [0.15, 0.2) is 5.60 Å². The van der Waals surface area contributed by atoms with Gasteiger partial charge in [0.2, 0.25) is 0 Å². The number of aliphatic hydroxyl groups is 1. The molecule has 64 valence electrons. The number of carboxylic acids is 1. The second-order valence-corrected chi connectivity index (χ2v) is 2.73. The second kappa shape index (κ2) is 3.19. The van der Waals surface area contributed by atoms with Crippen LogP contribution in [0.15, 0.2) is 0 Å². The van der Waals surface area contributed by atoms with Gasteiger partial charge in [0, 0.05) is 0 Å². The molecule has 2 N–H and O–H groups in total. The zero-order valence-corrected chi connectivity index (χ0v) is 6.25. The molecular weight excluding hydrogens is 148 g/mol. The maximum Gasteiger partial charge on any atom is 0.335 e. The average molecular weight is 160 g/mol. The van der Waals surface area contributed by atoms with Crippen LogP contribution >= 0.6 is 0 Å². The largest absolute Gasteiger partial charge is 0.479 e. The molecule has 1 saturated carbocycles. The van der Waals surface area contributed by atoms with Crippen molar-refractivity contribution in [1.82, 2.24) is 0 Å². The monoisotopic (exact) mass is 160 g/mol. The van der Waals surface area contributed by atoms with Gasteiger partial charge in [0.25, 0.3) is 0 Å². The first-order chi connectivity index (χ1) is 5.21. The van der Waals surface area contributed by atoms with Gasteiger partial charge in [-0.2, -0.15) is 0 Å². The number of carboxylic acid groups (broad SMARTS) is 1. The molecule has 0 amide bonds. The summed E-state index contributed by atoms with van der Waals surface area (Å²) in [5, 5.41) is 17.1. The molecule has 0 aromatic rings. The molecular formula is C7H12O4. The fraction of sp³-hybridized carbons (Fsp3) is 0.857. The summed E-state index contributed by atoms with van der Waals surface area (Å²) in [6.07, 6.45) is 2.04. The highest BCUT2D eigenvalue weighted by molar-refractivity contribution is 5.78. The topological polar surface area (TPSA) is 66.8 Å². The number of rotatable bonds is 4. The van der Waals surface area contributed by atoms with E-state index in [0.29, 0.717) is 12.8 Å². The van der Waals surface area contributed by atoms with Crippen molar-refractivity contribution < 1.29 is 19.7 Å². The third-order valence-corrected chi connectivity index (χ3v) is 2.02. The van der Waals surface area contributed by atoms with Gasteiger partial charge in [-0.3, -0.25) is 0 Å². The van der Waals surface area contributed by atoms with Crippen molar-refractivity contribution in [1.29, 1.82) is 0 Å². The summed E-state index contributed by atoms with van der Waals surface area (Å²) in [7, 11) is 0. The SMILES string of the molecule is O=C(O)C1(OCCO)CCC1. The lowest BCUT2D eigenvalue weighted by molar-refractivity contribution is -0.180. The summed E-state index contributed by atoms with van der Waals surface area (Å²) in [6, 6.07) is 0. The average Bonchev–Trinajstić information content (AvgIpc) is 1.85. The lowest BCUT2D eigenvalue weighted by atomic mass is 9.80. The summed E-state index contributed by atoms with van der Waals surface area (Å²) >= 11 is 0. The van der Waals surface area contributed by atoms with E-state index in [4.69, 9.17) is 14.9 Å². The van der Waals surface area contributed by atoms with Crippen molar-refractivity contribution in [3.63, 3.8) is 0 Å². The third-order valence-electron chi connectivity index (χ3n) is 2.02. The lowest BCUT2D eigenvalue weighted by Crippen LogP contribution is -2.48. The van der Waals surface area contributed by atoms with Crippen molar-refractivity contribution in [2.45, 2.75) is 24.9 Å².